The maximum atomic E-state index is 13.4. The molecule has 6 heteroatoms. The number of rotatable bonds is 6. The van der Waals surface area contributed by atoms with Gasteiger partial charge in [0.1, 0.15) is 12.6 Å². The molecule has 1 aliphatic heterocycles. The second-order valence-electron chi connectivity index (χ2n) is 7.56. The van der Waals surface area contributed by atoms with Crippen LogP contribution in [0.15, 0.2) is 66.0 Å². The molecule has 3 aromatic rings. The minimum Gasteiger partial charge on any atom is -0.326 e. The normalized spacial score (nSPS) is 15.3. The summed E-state index contributed by atoms with van der Waals surface area (Å²) < 4.78 is 0. The number of nitrogens with one attached hydrogen (secondary N) is 1. The molecule has 3 N–H and O–H groups in total. The van der Waals surface area contributed by atoms with E-state index in [0.29, 0.717) is 5.69 Å². The monoisotopic (exact) mass is 420 g/mol. The Morgan fingerprint density at radius 2 is 1.90 bits per heavy atom. The number of fused-ring (bicyclic) bond motifs is 1. The van der Waals surface area contributed by atoms with Crippen LogP contribution in [0.3, 0.4) is 0 Å². The highest BCUT2D eigenvalue weighted by Gasteiger charge is 2.33. The van der Waals surface area contributed by atoms with Crippen molar-refractivity contribution in [1.29, 1.82) is 0 Å². The lowest BCUT2D eigenvalue weighted by Gasteiger charge is -2.31. The lowest BCUT2D eigenvalue weighted by molar-refractivity contribution is -0.704. The first-order chi connectivity index (χ1) is 14.6. The van der Waals surface area contributed by atoms with E-state index in [1.54, 1.807) is 16.2 Å². The van der Waals surface area contributed by atoms with Crippen LogP contribution in [-0.2, 0) is 16.0 Å². The van der Waals surface area contributed by atoms with Crippen molar-refractivity contribution in [3.8, 4) is 0 Å². The molecule has 0 fully saturated rings. The van der Waals surface area contributed by atoms with E-state index in [0.717, 1.165) is 12.1 Å². The number of benzene rings is 2. The Bertz CT molecular complexity index is 1030. The molecule has 0 radical (unpaired) electrons. The highest BCUT2D eigenvalue weighted by Crippen LogP contribution is 2.29. The van der Waals surface area contributed by atoms with E-state index < -0.39 is 0 Å². The average Bonchev–Trinajstić information content (AvgIpc) is 3.31. The fourth-order valence-electron chi connectivity index (χ4n) is 3.85. The van der Waals surface area contributed by atoms with Gasteiger partial charge >= 0.3 is 0 Å². The third-order valence-electron chi connectivity index (χ3n) is 5.50. The zero-order chi connectivity index (χ0) is 21.1. The quantitative estimate of drug-likeness (QED) is 0.642. The van der Waals surface area contributed by atoms with Crippen molar-refractivity contribution in [3.05, 3.63) is 82.0 Å². The SMILES string of the molecule is CCc1ccc([C@H]([NH2+][C@H](C)C(=O)N2CC(=O)Nc3ccccc32)c2cccs2)cc1. The smallest absolute Gasteiger partial charge is 0.285 e. The number of aryl methyl sites for hydroxylation is 1. The first-order valence-electron chi connectivity index (χ1n) is 10.2. The van der Waals surface area contributed by atoms with Crippen molar-refractivity contribution in [2.75, 3.05) is 16.8 Å². The van der Waals surface area contributed by atoms with Gasteiger partial charge in [0.05, 0.1) is 16.3 Å². The lowest BCUT2D eigenvalue weighted by atomic mass is 10.0. The van der Waals surface area contributed by atoms with Crippen LogP contribution in [0.5, 0.6) is 0 Å². The third-order valence-corrected chi connectivity index (χ3v) is 6.46. The second-order valence-corrected chi connectivity index (χ2v) is 8.54. The first kappa shape index (κ1) is 20.3. The van der Waals surface area contributed by atoms with E-state index >= 15 is 0 Å². The van der Waals surface area contributed by atoms with E-state index in [-0.39, 0.29) is 30.4 Å². The van der Waals surface area contributed by atoms with Gasteiger partial charge in [-0.15, -0.1) is 11.3 Å². The van der Waals surface area contributed by atoms with Crippen molar-refractivity contribution < 1.29 is 14.9 Å². The Morgan fingerprint density at radius 1 is 1.13 bits per heavy atom. The number of quaternary nitrogens is 1. The van der Waals surface area contributed by atoms with Gasteiger partial charge < -0.3 is 10.6 Å². The predicted octanol–water partition coefficient (Wildman–Crippen LogP) is 3.34. The molecule has 1 aliphatic rings. The summed E-state index contributed by atoms with van der Waals surface area (Å²) in [5, 5.41) is 7.01. The summed E-state index contributed by atoms with van der Waals surface area (Å²) in [5.74, 6) is -0.233. The van der Waals surface area contributed by atoms with E-state index in [2.05, 4.69) is 53.3 Å². The van der Waals surface area contributed by atoms with Crippen molar-refractivity contribution in [3.63, 3.8) is 0 Å². The number of amides is 2. The number of hydrogen-bond acceptors (Lipinski definition) is 3. The fourth-order valence-corrected chi connectivity index (χ4v) is 4.68. The number of nitrogens with zero attached hydrogens (tertiary/aromatic N) is 1. The summed E-state index contributed by atoms with van der Waals surface area (Å²) in [6.07, 6.45) is 0.999. The number of para-hydroxylation sites is 2. The molecular formula is C24H26N3O2S+. The summed E-state index contributed by atoms with van der Waals surface area (Å²) in [7, 11) is 0. The van der Waals surface area contributed by atoms with Crippen LogP contribution in [0.2, 0.25) is 0 Å². The molecule has 0 unspecified atom stereocenters. The number of hydrogen-bond donors (Lipinski definition) is 2. The molecule has 0 saturated heterocycles. The summed E-state index contributed by atoms with van der Waals surface area (Å²) in [4.78, 5) is 28.3. The molecule has 0 spiro atoms. The number of anilines is 2. The predicted molar refractivity (Wildman–Crippen MR) is 121 cm³/mol. The second kappa shape index (κ2) is 8.81. The van der Waals surface area contributed by atoms with Crippen molar-refractivity contribution in [2.24, 2.45) is 0 Å². The van der Waals surface area contributed by atoms with Crippen molar-refractivity contribution >= 4 is 34.5 Å². The Hall–Kier alpha value is -2.96. The highest BCUT2D eigenvalue weighted by atomic mass is 32.1. The molecule has 2 heterocycles. The number of nitrogens with two attached hydrogens (primary N) is 1. The van der Waals surface area contributed by atoms with Crippen LogP contribution in [-0.4, -0.2) is 24.4 Å². The molecule has 4 rings (SSSR count). The largest absolute Gasteiger partial charge is 0.326 e. The lowest BCUT2D eigenvalue weighted by Crippen LogP contribution is -2.93. The average molecular weight is 421 g/mol. The maximum Gasteiger partial charge on any atom is 0.285 e. The summed E-state index contributed by atoms with van der Waals surface area (Å²) in [6.45, 7) is 4.10. The summed E-state index contributed by atoms with van der Waals surface area (Å²) >= 11 is 1.69. The van der Waals surface area contributed by atoms with E-state index in [1.807, 2.05) is 37.3 Å². The van der Waals surface area contributed by atoms with Crippen molar-refractivity contribution in [1.82, 2.24) is 0 Å². The Labute approximate surface area is 180 Å². The van der Waals surface area contributed by atoms with Crippen LogP contribution in [0.1, 0.15) is 35.9 Å². The van der Waals surface area contributed by atoms with Crippen LogP contribution in [0.4, 0.5) is 11.4 Å². The molecular weight excluding hydrogens is 394 g/mol. The highest BCUT2D eigenvalue weighted by molar-refractivity contribution is 7.10. The zero-order valence-corrected chi connectivity index (χ0v) is 18.0. The molecule has 0 aliphatic carbocycles. The molecule has 30 heavy (non-hydrogen) atoms. The van der Waals surface area contributed by atoms with Gasteiger partial charge in [-0.3, -0.25) is 14.5 Å². The Kier molecular flexibility index (Phi) is 5.97. The molecule has 2 atom stereocenters. The standard InChI is InChI=1S/C24H25N3O2S/c1-3-17-10-12-18(13-11-17)23(21-9-6-14-30-21)25-16(2)24(29)27-15-22(28)26-19-7-4-5-8-20(19)27/h4-14,16,23,25H,3,15H2,1-2H3,(H,26,28)/p+1/t16-,23+/m1/s1. The van der Waals surface area contributed by atoms with Gasteiger partial charge in [0.2, 0.25) is 5.91 Å². The molecule has 2 aromatic carbocycles. The molecule has 5 nitrogen and oxygen atoms in total. The number of thiophene rings is 1. The first-order valence-corrected chi connectivity index (χ1v) is 11.1. The van der Waals surface area contributed by atoms with E-state index in [1.165, 1.54) is 16.0 Å². The molecule has 2 amide bonds. The number of carbonyl (C=O) groups excluding carboxylic acids is 2. The van der Waals surface area contributed by atoms with E-state index in [4.69, 9.17) is 0 Å². The molecule has 1 aromatic heterocycles. The van der Waals surface area contributed by atoms with Crippen LogP contribution >= 0.6 is 11.3 Å². The fraction of sp³-hybridized carbons (Fsp3) is 0.250. The van der Waals surface area contributed by atoms with Gasteiger partial charge in [-0.25, -0.2) is 0 Å². The van der Waals surface area contributed by atoms with Gasteiger partial charge in [-0.05, 0) is 42.5 Å². The summed E-state index contributed by atoms with van der Waals surface area (Å²) in [6, 6.07) is 19.9. The summed E-state index contributed by atoms with van der Waals surface area (Å²) in [5.41, 5.74) is 3.90. The van der Waals surface area contributed by atoms with Gasteiger partial charge in [0.15, 0.2) is 6.04 Å². The Balaban J connectivity index is 1.59. The van der Waals surface area contributed by atoms with Crippen LogP contribution < -0.4 is 15.5 Å². The maximum absolute atomic E-state index is 13.4. The van der Waals surface area contributed by atoms with Crippen molar-refractivity contribution in [2.45, 2.75) is 32.4 Å². The van der Waals surface area contributed by atoms with Gasteiger partial charge in [-0.2, -0.15) is 0 Å². The van der Waals surface area contributed by atoms with E-state index in [9.17, 15) is 9.59 Å². The number of carbonyl (C=O) groups is 2. The van der Waals surface area contributed by atoms with Crippen LogP contribution in [0, 0.1) is 0 Å². The minimum absolute atomic E-state index is 0.0312. The van der Waals surface area contributed by atoms with Gasteiger partial charge in [0.25, 0.3) is 5.91 Å². The van der Waals surface area contributed by atoms with Gasteiger partial charge in [0, 0.05) is 5.56 Å². The zero-order valence-electron chi connectivity index (χ0n) is 17.2. The molecule has 0 saturated carbocycles. The molecule has 154 valence electrons. The minimum atomic E-state index is -0.345. The third kappa shape index (κ3) is 4.15. The van der Waals surface area contributed by atoms with Gasteiger partial charge in [-0.1, -0.05) is 49.4 Å². The van der Waals surface area contributed by atoms with Crippen LogP contribution in [0.25, 0.3) is 0 Å². The Morgan fingerprint density at radius 3 is 2.60 bits per heavy atom. The molecule has 0 bridgehead atoms. The topological polar surface area (TPSA) is 66.0 Å².